The minimum atomic E-state index is -3.40. The highest BCUT2D eigenvalue weighted by atomic mass is 32.2. The first-order valence-corrected chi connectivity index (χ1v) is 9.58. The van der Waals surface area contributed by atoms with Gasteiger partial charge in [-0.05, 0) is 37.3 Å². The highest BCUT2D eigenvalue weighted by Gasteiger charge is 2.16. The van der Waals surface area contributed by atoms with Crippen LogP contribution in [0.15, 0.2) is 59.0 Å². The summed E-state index contributed by atoms with van der Waals surface area (Å²) in [7, 11) is -3.40. The van der Waals surface area contributed by atoms with Crippen molar-refractivity contribution in [3.63, 3.8) is 0 Å². The zero-order valence-corrected chi connectivity index (χ0v) is 14.6. The third-order valence-corrected chi connectivity index (χ3v) is 4.25. The number of hydrogen-bond acceptors (Lipinski definition) is 4. The van der Waals surface area contributed by atoms with E-state index in [1.807, 2.05) is 37.3 Å². The highest BCUT2D eigenvalue weighted by molar-refractivity contribution is 7.92. The number of furan rings is 1. The van der Waals surface area contributed by atoms with E-state index >= 15 is 0 Å². The SMILES string of the molecule is CC(NC(=O)c1cccc(NS(C)(=O)=O)c1)c1cc2ccccc2o1. The molecule has 25 heavy (non-hydrogen) atoms. The Kier molecular flexibility index (Phi) is 4.50. The summed E-state index contributed by atoms with van der Waals surface area (Å²) in [5.41, 5.74) is 1.46. The monoisotopic (exact) mass is 358 g/mol. The van der Waals surface area contributed by atoms with Crippen molar-refractivity contribution in [1.82, 2.24) is 5.32 Å². The van der Waals surface area contributed by atoms with Crippen LogP contribution in [0.25, 0.3) is 11.0 Å². The maximum absolute atomic E-state index is 12.4. The van der Waals surface area contributed by atoms with Gasteiger partial charge in [-0.1, -0.05) is 24.3 Å². The van der Waals surface area contributed by atoms with Crippen LogP contribution in [-0.4, -0.2) is 20.6 Å². The lowest BCUT2D eigenvalue weighted by Gasteiger charge is -2.12. The van der Waals surface area contributed by atoms with Gasteiger partial charge in [0, 0.05) is 16.6 Å². The number of para-hydroxylation sites is 1. The maximum Gasteiger partial charge on any atom is 0.251 e. The first-order valence-electron chi connectivity index (χ1n) is 7.69. The summed E-state index contributed by atoms with van der Waals surface area (Å²) in [4.78, 5) is 12.4. The molecule has 1 aromatic heterocycles. The number of anilines is 1. The fourth-order valence-corrected chi connectivity index (χ4v) is 3.06. The van der Waals surface area contributed by atoms with Crippen LogP contribution in [0, 0.1) is 0 Å². The third kappa shape index (κ3) is 4.19. The van der Waals surface area contributed by atoms with E-state index in [1.165, 1.54) is 6.07 Å². The van der Waals surface area contributed by atoms with Crippen LogP contribution < -0.4 is 10.0 Å². The number of carbonyl (C=O) groups excluding carboxylic acids is 1. The molecule has 0 saturated carbocycles. The molecule has 0 aliphatic carbocycles. The molecule has 2 N–H and O–H groups in total. The van der Waals surface area contributed by atoms with Crippen LogP contribution in [0.3, 0.4) is 0 Å². The van der Waals surface area contributed by atoms with Crippen LogP contribution >= 0.6 is 0 Å². The van der Waals surface area contributed by atoms with Gasteiger partial charge in [0.15, 0.2) is 0 Å². The molecule has 0 bridgehead atoms. The highest BCUT2D eigenvalue weighted by Crippen LogP contribution is 2.24. The van der Waals surface area contributed by atoms with Crippen molar-refractivity contribution in [3.8, 4) is 0 Å². The second kappa shape index (κ2) is 6.60. The Hall–Kier alpha value is -2.80. The van der Waals surface area contributed by atoms with E-state index in [2.05, 4.69) is 10.0 Å². The van der Waals surface area contributed by atoms with Gasteiger partial charge >= 0.3 is 0 Å². The first-order chi connectivity index (χ1) is 11.8. The third-order valence-electron chi connectivity index (χ3n) is 3.65. The number of carbonyl (C=O) groups is 1. The van der Waals surface area contributed by atoms with Gasteiger partial charge in [-0.25, -0.2) is 8.42 Å². The maximum atomic E-state index is 12.4. The summed E-state index contributed by atoms with van der Waals surface area (Å²) in [6, 6.07) is 15.5. The lowest BCUT2D eigenvalue weighted by molar-refractivity contribution is 0.0935. The Morgan fingerprint density at radius 1 is 1.08 bits per heavy atom. The molecule has 6 nitrogen and oxygen atoms in total. The van der Waals surface area contributed by atoms with E-state index in [1.54, 1.807) is 18.2 Å². The fourth-order valence-electron chi connectivity index (χ4n) is 2.50. The molecule has 0 aliphatic rings. The van der Waals surface area contributed by atoms with Gasteiger partial charge in [0.05, 0.1) is 12.3 Å². The standard InChI is InChI=1S/C18H18N2O4S/c1-12(17-11-13-6-3-4-9-16(13)24-17)19-18(21)14-7-5-8-15(10-14)20-25(2,22)23/h3-12,20H,1-2H3,(H,19,21). The van der Waals surface area contributed by atoms with Crippen molar-refractivity contribution in [3.05, 3.63) is 65.9 Å². The summed E-state index contributed by atoms with van der Waals surface area (Å²) in [5.74, 6) is 0.338. The summed E-state index contributed by atoms with van der Waals surface area (Å²) in [6.45, 7) is 1.83. The largest absolute Gasteiger partial charge is 0.459 e. The number of hydrogen-bond donors (Lipinski definition) is 2. The number of amides is 1. The van der Waals surface area contributed by atoms with Crippen LogP contribution in [0.4, 0.5) is 5.69 Å². The Bertz CT molecular complexity index is 991. The lowest BCUT2D eigenvalue weighted by atomic mass is 10.1. The summed E-state index contributed by atoms with van der Waals surface area (Å²) in [5, 5.41) is 3.82. The summed E-state index contributed by atoms with van der Waals surface area (Å²) >= 11 is 0. The number of benzene rings is 2. The van der Waals surface area contributed by atoms with Gasteiger partial charge in [-0.2, -0.15) is 0 Å². The van der Waals surface area contributed by atoms with E-state index in [-0.39, 0.29) is 11.9 Å². The van der Waals surface area contributed by atoms with E-state index in [4.69, 9.17) is 4.42 Å². The number of rotatable bonds is 5. The van der Waals surface area contributed by atoms with E-state index in [9.17, 15) is 13.2 Å². The number of sulfonamides is 1. The molecule has 0 saturated heterocycles. The molecule has 1 atom stereocenters. The minimum absolute atomic E-state index is 0.315. The molecule has 1 heterocycles. The average molecular weight is 358 g/mol. The normalized spacial score (nSPS) is 12.7. The van der Waals surface area contributed by atoms with Gasteiger partial charge in [0.25, 0.3) is 5.91 Å². The van der Waals surface area contributed by atoms with Crippen molar-refractivity contribution in [2.45, 2.75) is 13.0 Å². The van der Waals surface area contributed by atoms with Gasteiger partial charge in [-0.3, -0.25) is 9.52 Å². The molecular formula is C18H18N2O4S. The Morgan fingerprint density at radius 3 is 2.56 bits per heavy atom. The van der Waals surface area contributed by atoms with Gasteiger partial charge in [-0.15, -0.1) is 0 Å². The minimum Gasteiger partial charge on any atom is -0.459 e. The van der Waals surface area contributed by atoms with E-state index < -0.39 is 10.0 Å². The predicted octanol–water partition coefficient (Wildman–Crippen LogP) is 3.30. The van der Waals surface area contributed by atoms with Crippen molar-refractivity contribution in [1.29, 1.82) is 0 Å². The molecule has 3 aromatic rings. The summed E-state index contributed by atoms with van der Waals surface area (Å²) < 4.78 is 30.7. The molecule has 0 radical (unpaired) electrons. The first kappa shape index (κ1) is 17.0. The molecule has 0 aliphatic heterocycles. The van der Waals surface area contributed by atoms with E-state index in [0.717, 1.165) is 17.2 Å². The quantitative estimate of drug-likeness (QED) is 0.732. The van der Waals surface area contributed by atoms with Crippen molar-refractivity contribution in [2.75, 3.05) is 11.0 Å². The van der Waals surface area contributed by atoms with Crippen LogP contribution in [-0.2, 0) is 10.0 Å². The number of nitrogens with one attached hydrogen (secondary N) is 2. The predicted molar refractivity (Wildman–Crippen MR) is 97.0 cm³/mol. The van der Waals surface area contributed by atoms with Crippen LogP contribution in [0.1, 0.15) is 29.1 Å². The molecule has 3 rings (SSSR count). The van der Waals surface area contributed by atoms with Crippen LogP contribution in [0.5, 0.6) is 0 Å². The van der Waals surface area contributed by atoms with E-state index in [0.29, 0.717) is 17.0 Å². The molecule has 0 fully saturated rings. The lowest BCUT2D eigenvalue weighted by Crippen LogP contribution is -2.26. The zero-order valence-electron chi connectivity index (χ0n) is 13.8. The number of fused-ring (bicyclic) bond motifs is 1. The van der Waals surface area contributed by atoms with Gasteiger partial charge < -0.3 is 9.73 Å². The smallest absolute Gasteiger partial charge is 0.251 e. The van der Waals surface area contributed by atoms with Crippen molar-refractivity contribution in [2.24, 2.45) is 0 Å². The molecule has 130 valence electrons. The molecule has 7 heteroatoms. The van der Waals surface area contributed by atoms with Gasteiger partial charge in [0.1, 0.15) is 11.3 Å². The summed E-state index contributed by atoms with van der Waals surface area (Å²) in [6.07, 6.45) is 1.06. The molecular weight excluding hydrogens is 340 g/mol. The van der Waals surface area contributed by atoms with Crippen molar-refractivity contribution >= 4 is 32.6 Å². The Balaban J connectivity index is 1.76. The van der Waals surface area contributed by atoms with Gasteiger partial charge in [0.2, 0.25) is 10.0 Å². The molecule has 0 spiro atoms. The second-order valence-corrected chi connectivity index (χ2v) is 7.59. The molecule has 1 unspecified atom stereocenters. The van der Waals surface area contributed by atoms with Crippen LogP contribution in [0.2, 0.25) is 0 Å². The fraction of sp³-hybridized carbons (Fsp3) is 0.167. The topological polar surface area (TPSA) is 88.4 Å². The molecule has 2 aromatic carbocycles. The zero-order chi connectivity index (χ0) is 18.0. The Morgan fingerprint density at radius 2 is 1.84 bits per heavy atom. The van der Waals surface area contributed by atoms with Crippen molar-refractivity contribution < 1.29 is 17.6 Å². The Labute approximate surface area is 145 Å². The second-order valence-electron chi connectivity index (χ2n) is 5.84. The average Bonchev–Trinajstić information content (AvgIpc) is 2.97. The molecule has 1 amide bonds.